The maximum Gasteiger partial charge on any atom is 0.0587 e. The van der Waals surface area contributed by atoms with E-state index in [1.807, 2.05) is 0 Å². The van der Waals surface area contributed by atoms with Crippen LogP contribution in [0.5, 0.6) is 0 Å². The summed E-state index contributed by atoms with van der Waals surface area (Å²) in [6.45, 7) is 2.87. The Morgan fingerprint density at radius 3 is 3.06 bits per heavy atom. The molecule has 2 nitrogen and oxygen atoms in total. The largest absolute Gasteiger partial charge is 0.383 e. The highest BCUT2D eigenvalue weighted by Gasteiger charge is 2.18. The Morgan fingerprint density at radius 1 is 1.29 bits per heavy atom. The van der Waals surface area contributed by atoms with Crippen LogP contribution in [0.25, 0.3) is 0 Å². The van der Waals surface area contributed by atoms with Crippen molar-refractivity contribution in [2.75, 3.05) is 26.8 Å². The topological polar surface area (TPSA) is 21.3 Å². The van der Waals surface area contributed by atoms with Crippen LogP contribution in [0.3, 0.4) is 0 Å². The van der Waals surface area contributed by atoms with E-state index in [4.69, 9.17) is 4.74 Å². The minimum atomic E-state index is 0.759. The van der Waals surface area contributed by atoms with Gasteiger partial charge in [-0.25, -0.2) is 0 Å². The maximum absolute atomic E-state index is 5.03. The van der Waals surface area contributed by atoms with Crippen LogP contribution in [-0.2, 0) is 11.2 Å². The summed E-state index contributed by atoms with van der Waals surface area (Å²) in [6.07, 6.45) is 5.22. The number of hydrogen-bond donors (Lipinski definition) is 1. The lowest BCUT2D eigenvalue weighted by Gasteiger charge is -2.25. The summed E-state index contributed by atoms with van der Waals surface area (Å²) < 4.78 is 5.03. The van der Waals surface area contributed by atoms with E-state index in [-0.39, 0.29) is 0 Å². The van der Waals surface area contributed by atoms with Crippen molar-refractivity contribution in [1.29, 1.82) is 0 Å². The van der Waals surface area contributed by atoms with Crippen molar-refractivity contribution in [2.45, 2.75) is 31.6 Å². The summed E-state index contributed by atoms with van der Waals surface area (Å²) in [5.41, 5.74) is 3.16. The highest BCUT2D eigenvalue weighted by atomic mass is 16.5. The molecule has 0 aromatic heterocycles. The van der Waals surface area contributed by atoms with Gasteiger partial charge in [-0.3, -0.25) is 0 Å². The monoisotopic (exact) mass is 233 g/mol. The van der Waals surface area contributed by atoms with Gasteiger partial charge in [0.25, 0.3) is 0 Å². The molecule has 1 aliphatic carbocycles. The zero-order valence-electron chi connectivity index (χ0n) is 10.7. The number of aryl methyl sites for hydroxylation is 1. The molecule has 0 fully saturated rings. The molecule has 94 valence electrons. The molecule has 1 aliphatic rings. The molecule has 0 amide bonds. The molecule has 2 heteroatoms. The number of fused-ring (bicyclic) bond motifs is 1. The number of rotatable bonds is 6. The lowest BCUT2D eigenvalue weighted by Crippen LogP contribution is -2.23. The van der Waals surface area contributed by atoms with Gasteiger partial charge in [0, 0.05) is 13.7 Å². The van der Waals surface area contributed by atoms with Crippen LogP contribution in [0, 0.1) is 0 Å². The Bertz CT molecular complexity index is 337. The van der Waals surface area contributed by atoms with Crippen molar-refractivity contribution in [1.82, 2.24) is 5.32 Å². The summed E-state index contributed by atoms with van der Waals surface area (Å²) in [4.78, 5) is 0. The van der Waals surface area contributed by atoms with E-state index in [0.29, 0.717) is 0 Å². The number of methoxy groups -OCH3 is 1. The molecule has 0 heterocycles. The predicted molar refractivity (Wildman–Crippen MR) is 71.5 cm³/mol. The van der Waals surface area contributed by atoms with Gasteiger partial charge in [-0.05, 0) is 49.3 Å². The van der Waals surface area contributed by atoms with Gasteiger partial charge in [-0.2, -0.15) is 0 Å². The Hall–Kier alpha value is -0.860. The molecule has 0 aliphatic heterocycles. The van der Waals surface area contributed by atoms with Crippen LogP contribution in [0.2, 0.25) is 0 Å². The normalized spacial score (nSPS) is 19.0. The van der Waals surface area contributed by atoms with E-state index >= 15 is 0 Å². The third-order valence-corrected chi connectivity index (χ3v) is 3.65. The minimum Gasteiger partial charge on any atom is -0.383 e. The van der Waals surface area contributed by atoms with Crippen molar-refractivity contribution in [2.24, 2.45) is 0 Å². The van der Waals surface area contributed by atoms with Crippen LogP contribution in [0.1, 0.15) is 36.3 Å². The number of benzene rings is 1. The first kappa shape index (κ1) is 12.6. The first-order chi connectivity index (χ1) is 8.42. The SMILES string of the molecule is COCCNCCC1CCCc2ccccc21. The molecule has 0 bridgehead atoms. The fourth-order valence-corrected chi connectivity index (χ4v) is 2.73. The molecular weight excluding hydrogens is 210 g/mol. The van der Waals surface area contributed by atoms with E-state index < -0.39 is 0 Å². The van der Waals surface area contributed by atoms with Crippen molar-refractivity contribution < 1.29 is 4.74 Å². The lowest BCUT2D eigenvalue weighted by atomic mass is 9.81. The van der Waals surface area contributed by atoms with E-state index in [1.165, 1.54) is 25.7 Å². The van der Waals surface area contributed by atoms with E-state index in [0.717, 1.165) is 25.6 Å². The fourth-order valence-electron chi connectivity index (χ4n) is 2.73. The first-order valence-corrected chi connectivity index (χ1v) is 6.69. The fraction of sp³-hybridized carbons (Fsp3) is 0.600. The summed E-state index contributed by atoms with van der Waals surface area (Å²) in [5.74, 6) is 0.759. The van der Waals surface area contributed by atoms with Crippen molar-refractivity contribution in [3.8, 4) is 0 Å². The first-order valence-electron chi connectivity index (χ1n) is 6.69. The van der Waals surface area contributed by atoms with Crippen molar-refractivity contribution >= 4 is 0 Å². The van der Waals surface area contributed by atoms with E-state index in [9.17, 15) is 0 Å². The molecule has 0 spiro atoms. The lowest BCUT2D eigenvalue weighted by molar-refractivity contribution is 0.199. The van der Waals surface area contributed by atoms with Crippen LogP contribution >= 0.6 is 0 Å². The smallest absolute Gasteiger partial charge is 0.0587 e. The van der Waals surface area contributed by atoms with Crippen LogP contribution in [0.15, 0.2) is 24.3 Å². The van der Waals surface area contributed by atoms with Crippen LogP contribution < -0.4 is 5.32 Å². The number of nitrogens with one attached hydrogen (secondary N) is 1. The standard InChI is InChI=1S/C15H23NO/c1-17-12-11-16-10-9-14-7-4-6-13-5-2-3-8-15(13)14/h2-3,5,8,14,16H,4,6-7,9-12H2,1H3. The number of ether oxygens (including phenoxy) is 1. The highest BCUT2D eigenvalue weighted by Crippen LogP contribution is 2.33. The third kappa shape index (κ3) is 3.55. The minimum absolute atomic E-state index is 0.759. The van der Waals surface area contributed by atoms with Gasteiger partial charge in [-0.15, -0.1) is 0 Å². The molecule has 1 unspecified atom stereocenters. The second-order valence-corrected chi connectivity index (χ2v) is 4.82. The molecule has 1 N–H and O–H groups in total. The maximum atomic E-state index is 5.03. The molecule has 1 aromatic carbocycles. The molecule has 0 saturated heterocycles. The molecule has 1 aromatic rings. The van der Waals surface area contributed by atoms with E-state index in [1.54, 1.807) is 18.2 Å². The second-order valence-electron chi connectivity index (χ2n) is 4.82. The molecule has 17 heavy (non-hydrogen) atoms. The average molecular weight is 233 g/mol. The highest BCUT2D eigenvalue weighted by molar-refractivity contribution is 5.32. The van der Waals surface area contributed by atoms with Gasteiger partial charge in [0.1, 0.15) is 0 Å². The quantitative estimate of drug-likeness (QED) is 0.763. The van der Waals surface area contributed by atoms with Crippen molar-refractivity contribution in [3.05, 3.63) is 35.4 Å². The van der Waals surface area contributed by atoms with Crippen molar-refractivity contribution in [3.63, 3.8) is 0 Å². The molecule has 0 saturated carbocycles. The van der Waals surface area contributed by atoms with Gasteiger partial charge < -0.3 is 10.1 Å². The average Bonchev–Trinajstić information content (AvgIpc) is 2.39. The molecule has 0 radical (unpaired) electrons. The van der Waals surface area contributed by atoms with Crippen LogP contribution in [-0.4, -0.2) is 26.8 Å². The summed E-state index contributed by atoms with van der Waals surface area (Å²) in [6, 6.07) is 8.95. The Morgan fingerprint density at radius 2 is 2.18 bits per heavy atom. The van der Waals surface area contributed by atoms with Gasteiger partial charge in [-0.1, -0.05) is 24.3 Å². The Labute approximate surface area is 104 Å². The Balaban J connectivity index is 1.82. The zero-order chi connectivity index (χ0) is 11.9. The Kier molecular flexibility index (Phi) is 5.02. The predicted octanol–water partition coefficient (Wildman–Crippen LogP) is 2.73. The van der Waals surface area contributed by atoms with Gasteiger partial charge in [0.2, 0.25) is 0 Å². The summed E-state index contributed by atoms with van der Waals surface area (Å²) in [5, 5.41) is 3.44. The van der Waals surface area contributed by atoms with E-state index in [2.05, 4.69) is 29.6 Å². The number of hydrogen-bond acceptors (Lipinski definition) is 2. The van der Waals surface area contributed by atoms with Gasteiger partial charge >= 0.3 is 0 Å². The summed E-state index contributed by atoms with van der Waals surface area (Å²) in [7, 11) is 1.75. The zero-order valence-corrected chi connectivity index (χ0v) is 10.7. The molecular formula is C15H23NO. The second kappa shape index (κ2) is 6.77. The van der Waals surface area contributed by atoms with Gasteiger partial charge in [0.05, 0.1) is 6.61 Å². The molecule has 2 rings (SSSR count). The summed E-state index contributed by atoms with van der Waals surface area (Å²) >= 11 is 0. The third-order valence-electron chi connectivity index (χ3n) is 3.65. The van der Waals surface area contributed by atoms with Crippen LogP contribution in [0.4, 0.5) is 0 Å². The molecule has 1 atom stereocenters. The van der Waals surface area contributed by atoms with Gasteiger partial charge in [0.15, 0.2) is 0 Å².